The Hall–Kier alpha value is -2.18. The topological polar surface area (TPSA) is 95.4 Å². The normalized spacial score (nSPS) is 16.1. The predicted molar refractivity (Wildman–Crippen MR) is 68.4 cm³/mol. The first-order valence-corrected chi connectivity index (χ1v) is 6.18. The Morgan fingerprint density at radius 1 is 1.47 bits per heavy atom. The van der Waals surface area contributed by atoms with Crippen LogP contribution in [0.2, 0.25) is 0 Å². The third kappa shape index (κ3) is 3.64. The fourth-order valence-electron chi connectivity index (χ4n) is 2.20. The van der Waals surface area contributed by atoms with Crippen molar-refractivity contribution < 1.29 is 14.7 Å². The van der Waals surface area contributed by atoms with Crippen molar-refractivity contribution in [2.45, 2.75) is 12.8 Å². The molecule has 2 rings (SSSR count). The number of hydrogen-bond acceptors (Lipinski definition) is 5. The summed E-state index contributed by atoms with van der Waals surface area (Å²) in [6.07, 6.45) is 2.92. The SMILES string of the molecule is O=Cc1cc(N2CCC(CNC(=O)O)CC2)ncn1. The van der Waals surface area contributed by atoms with Crippen molar-refractivity contribution in [3.8, 4) is 0 Å². The number of carbonyl (C=O) groups is 2. The molecule has 1 saturated heterocycles. The number of hydrogen-bond donors (Lipinski definition) is 2. The first kappa shape index (κ1) is 13.3. The van der Waals surface area contributed by atoms with Gasteiger partial charge in [-0.15, -0.1) is 0 Å². The van der Waals surface area contributed by atoms with Crippen molar-refractivity contribution in [2.75, 3.05) is 24.5 Å². The minimum absolute atomic E-state index is 0.361. The van der Waals surface area contributed by atoms with Gasteiger partial charge in [-0.05, 0) is 18.8 Å². The van der Waals surface area contributed by atoms with E-state index in [0.29, 0.717) is 24.4 Å². The monoisotopic (exact) mass is 264 g/mol. The lowest BCUT2D eigenvalue weighted by molar-refractivity contribution is 0.111. The van der Waals surface area contributed by atoms with Crippen molar-refractivity contribution in [1.29, 1.82) is 0 Å². The molecule has 0 saturated carbocycles. The molecule has 1 aromatic heterocycles. The van der Waals surface area contributed by atoms with Crippen LogP contribution in [0.15, 0.2) is 12.4 Å². The Balaban J connectivity index is 1.88. The zero-order valence-corrected chi connectivity index (χ0v) is 10.5. The summed E-state index contributed by atoms with van der Waals surface area (Å²) in [7, 11) is 0. The summed E-state index contributed by atoms with van der Waals surface area (Å²) in [5.74, 6) is 1.11. The van der Waals surface area contributed by atoms with E-state index in [2.05, 4.69) is 20.2 Å². The van der Waals surface area contributed by atoms with E-state index in [0.717, 1.165) is 31.7 Å². The number of piperidine rings is 1. The van der Waals surface area contributed by atoms with E-state index in [4.69, 9.17) is 5.11 Å². The summed E-state index contributed by atoms with van der Waals surface area (Å²) >= 11 is 0. The molecule has 1 fully saturated rings. The van der Waals surface area contributed by atoms with Crippen LogP contribution in [0.5, 0.6) is 0 Å². The first-order valence-electron chi connectivity index (χ1n) is 6.18. The number of aldehydes is 1. The average molecular weight is 264 g/mol. The van der Waals surface area contributed by atoms with Crippen LogP contribution in [0.1, 0.15) is 23.3 Å². The van der Waals surface area contributed by atoms with Gasteiger partial charge >= 0.3 is 6.09 Å². The molecule has 0 aromatic carbocycles. The summed E-state index contributed by atoms with van der Waals surface area (Å²) in [6.45, 7) is 2.11. The molecule has 0 aliphatic carbocycles. The molecule has 2 heterocycles. The summed E-state index contributed by atoms with van der Waals surface area (Å²) in [5.41, 5.74) is 0.375. The lowest BCUT2D eigenvalue weighted by Crippen LogP contribution is -2.38. The smallest absolute Gasteiger partial charge is 0.404 e. The van der Waals surface area contributed by atoms with Crippen molar-refractivity contribution in [3.63, 3.8) is 0 Å². The molecule has 1 aliphatic heterocycles. The van der Waals surface area contributed by atoms with Gasteiger partial charge in [-0.3, -0.25) is 4.79 Å². The molecule has 0 radical (unpaired) electrons. The highest BCUT2D eigenvalue weighted by molar-refractivity contribution is 5.73. The Kier molecular flexibility index (Phi) is 4.27. The quantitative estimate of drug-likeness (QED) is 0.780. The fraction of sp³-hybridized carbons (Fsp3) is 0.500. The van der Waals surface area contributed by atoms with Gasteiger partial charge in [0.05, 0.1) is 0 Å². The molecule has 0 unspecified atom stereocenters. The second-order valence-electron chi connectivity index (χ2n) is 4.54. The van der Waals surface area contributed by atoms with Crippen LogP contribution in [0, 0.1) is 5.92 Å². The van der Waals surface area contributed by atoms with Crippen molar-refractivity contribution in [3.05, 3.63) is 18.1 Å². The maximum absolute atomic E-state index is 10.7. The number of aromatic nitrogens is 2. The van der Waals surface area contributed by atoms with E-state index in [9.17, 15) is 9.59 Å². The van der Waals surface area contributed by atoms with E-state index in [1.807, 2.05) is 0 Å². The van der Waals surface area contributed by atoms with Crippen molar-refractivity contribution >= 4 is 18.2 Å². The molecule has 19 heavy (non-hydrogen) atoms. The molecule has 1 amide bonds. The van der Waals surface area contributed by atoms with E-state index < -0.39 is 6.09 Å². The Morgan fingerprint density at radius 3 is 2.84 bits per heavy atom. The maximum atomic E-state index is 10.7. The van der Waals surface area contributed by atoms with Gasteiger partial charge in [-0.25, -0.2) is 14.8 Å². The van der Waals surface area contributed by atoms with Crippen LogP contribution < -0.4 is 10.2 Å². The maximum Gasteiger partial charge on any atom is 0.404 e. The van der Waals surface area contributed by atoms with Gasteiger partial charge in [-0.2, -0.15) is 0 Å². The number of amides is 1. The summed E-state index contributed by atoms with van der Waals surface area (Å²) < 4.78 is 0. The molecule has 1 aromatic rings. The lowest BCUT2D eigenvalue weighted by atomic mass is 9.97. The zero-order valence-electron chi connectivity index (χ0n) is 10.5. The molecular formula is C12H16N4O3. The van der Waals surface area contributed by atoms with Gasteiger partial charge in [0.25, 0.3) is 0 Å². The first-order chi connectivity index (χ1) is 9.19. The van der Waals surface area contributed by atoms with Crippen LogP contribution in [-0.4, -0.2) is 47.1 Å². The Morgan fingerprint density at radius 2 is 2.21 bits per heavy atom. The van der Waals surface area contributed by atoms with Gasteiger partial charge in [-0.1, -0.05) is 0 Å². The Labute approximate surface area is 110 Å². The van der Waals surface area contributed by atoms with E-state index in [1.165, 1.54) is 6.33 Å². The number of rotatable bonds is 4. The van der Waals surface area contributed by atoms with Gasteiger partial charge < -0.3 is 15.3 Å². The molecular weight excluding hydrogens is 248 g/mol. The average Bonchev–Trinajstić information content (AvgIpc) is 2.45. The summed E-state index contributed by atoms with van der Waals surface area (Å²) in [4.78, 5) is 31.2. The van der Waals surface area contributed by atoms with Gasteiger partial charge in [0, 0.05) is 25.7 Å². The zero-order chi connectivity index (χ0) is 13.7. The minimum Gasteiger partial charge on any atom is -0.465 e. The molecule has 0 bridgehead atoms. The van der Waals surface area contributed by atoms with Crippen LogP contribution in [0.4, 0.5) is 10.6 Å². The molecule has 0 spiro atoms. The minimum atomic E-state index is -0.978. The van der Waals surface area contributed by atoms with Crippen molar-refractivity contribution in [2.24, 2.45) is 5.92 Å². The van der Waals surface area contributed by atoms with E-state index >= 15 is 0 Å². The highest BCUT2D eigenvalue weighted by atomic mass is 16.4. The summed E-state index contributed by atoms with van der Waals surface area (Å²) in [5, 5.41) is 11.0. The van der Waals surface area contributed by atoms with E-state index in [-0.39, 0.29) is 0 Å². The summed E-state index contributed by atoms with van der Waals surface area (Å²) in [6, 6.07) is 1.67. The Bertz CT molecular complexity index is 458. The standard InChI is InChI=1S/C12H16N4O3/c17-7-10-5-11(15-8-14-10)16-3-1-9(2-4-16)6-13-12(18)19/h5,7-9,13H,1-4,6H2,(H,18,19). The van der Waals surface area contributed by atoms with Gasteiger partial charge in [0.15, 0.2) is 6.29 Å². The van der Waals surface area contributed by atoms with Gasteiger partial charge in [0.2, 0.25) is 0 Å². The van der Waals surface area contributed by atoms with Crippen LogP contribution in [0.3, 0.4) is 0 Å². The number of carboxylic acid groups (broad SMARTS) is 1. The highest BCUT2D eigenvalue weighted by Gasteiger charge is 2.20. The molecule has 7 nitrogen and oxygen atoms in total. The lowest BCUT2D eigenvalue weighted by Gasteiger charge is -2.32. The third-order valence-electron chi connectivity index (χ3n) is 3.28. The number of carbonyl (C=O) groups excluding carboxylic acids is 1. The molecule has 1 aliphatic rings. The molecule has 7 heteroatoms. The van der Waals surface area contributed by atoms with Crippen molar-refractivity contribution in [1.82, 2.24) is 15.3 Å². The second-order valence-corrected chi connectivity index (χ2v) is 4.54. The number of anilines is 1. The third-order valence-corrected chi connectivity index (χ3v) is 3.28. The fourth-order valence-corrected chi connectivity index (χ4v) is 2.20. The molecule has 0 atom stereocenters. The largest absolute Gasteiger partial charge is 0.465 e. The van der Waals surface area contributed by atoms with Crippen LogP contribution >= 0.6 is 0 Å². The second kappa shape index (κ2) is 6.12. The number of nitrogens with zero attached hydrogens (tertiary/aromatic N) is 3. The molecule has 102 valence electrons. The predicted octanol–water partition coefficient (Wildman–Crippen LogP) is 0.773. The van der Waals surface area contributed by atoms with Crippen LogP contribution in [0.25, 0.3) is 0 Å². The number of nitrogens with one attached hydrogen (secondary N) is 1. The van der Waals surface area contributed by atoms with E-state index in [1.54, 1.807) is 6.07 Å². The molecule has 2 N–H and O–H groups in total. The van der Waals surface area contributed by atoms with Gasteiger partial charge in [0.1, 0.15) is 17.8 Å². The van der Waals surface area contributed by atoms with Crippen LogP contribution in [-0.2, 0) is 0 Å². The highest BCUT2D eigenvalue weighted by Crippen LogP contribution is 2.21.